The standard InChI is InChI=1S/C14H14BrFN2O2/c15-9-1-3-11(12(16)7-9)14(20)17-5-6-18-10(8-17)2-4-13(18)19/h1,3,7,10H,2,4-6,8H2. The van der Waals surface area contributed by atoms with Crippen LogP contribution in [0, 0.1) is 5.82 Å². The Hall–Kier alpha value is -1.43. The summed E-state index contributed by atoms with van der Waals surface area (Å²) in [7, 11) is 0. The molecule has 6 heteroatoms. The van der Waals surface area contributed by atoms with Gasteiger partial charge in [-0.2, -0.15) is 0 Å². The number of hydrogen-bond acceptors (Lipinski definition) is 2. The summed E-state index contributed by atoms with van der Waals surface area (Å²) in [6, 6.07) is 4.54. The Kier molecular flexibility index (Phi) is 3.50. The van der Waals surface area contributed by atoms with Gasteiger partial charge in [0.1, 0.15) is 5.82 Å². The van der Waals surface area contributed by atoms with E-state index in [0.717, 1.165) is 6.42 Å². The van der Waals surface area contributed by atoms with Crippen LogP contribution in [0.5, 0.6) is 0 Å². The largest absolute Gasteiger partial charge is 0.336 e. The lowest BCUT2D eigenvalue weighted by Crippen LogP contribution is -2.53. The molecule has 0 aliphatic carbocycles. The summed E-state index contributed by atoms with van der Waals surface area (Å²) in [4.78, 5) is 27.5. The highest BCUT2D eigenvalue weighted by molar-refractivity contribution is 9.10. The van der Waals surface area contributed by atoms with Crippen LogP contribution in [0.1, 0.15) is 23.2 Å². The third-order valence-electron chi connectivity index (χ3n) is 3.94. The van der Waals surface area contributed by atoms with Gasteiger partial charge < -0.3 is 9.80 Å². The lowest BCUT2D eigenvalue weighted by molar-refractivity contribution is -0.130. The first-order valence-electron chi connectivity index (χ1n) is 6.60. The van der Waals surface area contributed by atoms with E-state index in [4.69, 9.17) is 0 Å². The van der Waals surface area contributed by atoms with Crippen molar-refractivity contribution in [3.8, 4) is 0 Å². The molecule has 0 bridgehead atoms. The summed E-state index contributed by atoms with van der Waals surface area (Å²) in [6.07, 6.45) is 1.34. The number of amides is 2. The summed E-state index contributed by atoms with van der Waals surface area (Å²) in [5, 5.41) is 0. The molecule has 2 amide bonds. The zero-order valence-electron chi connectivity index (χ0n) is 10.8. The molecule has 1 unspecified atom stereocenters. The Balaban J connectivity index is 1.77. The predicted octanol–water partition coefficient (Wildman–Crippen LogP) is 2.04. The number of hydrogen-bond donors (Lipinski definition) is 0. The van der Waals surface area contributed by atoms with E-state index in [9.17, 15) is 14.0 Å². The number of halogens is 2. The normalized spacial score (nSPS) is 22.1. The van der Waals surface area contributed by atoms with Crippen LogP contribution in [0.15, 0.2) is 22.7 Å². The van der Waals surface area contributed by atoms with Gasteiger partial charge in [-0.3, -0.25) is 9.59 Å². The van der Waals surface area contributed by atoms with Gasteiger partial charge in [-0.25, -0.2) is 4.39 Å². The molecule has 2 aliphatic heterocycles. The number of benzene rings is 1. The molecule has 1 aromatic carbocycles. The minimum Gasteiger partial charge on any atom is -0.336 e. The van der Waals surface area contributed by atoms with Crippen LogP contribution in [-0.4, -0.2) is 47.3 Å². The fourth-order valence-corrected chi connectivity index (χ4v) is 3.22. The molecule has 2 heterocycles. The van der Waals surface area contributed by atoms with Crippen LogP contribution in [-0.2, 0) is 4.79 Å². The quantitative estimate of drug-likeness (QED) is 0.784. The van der Waals surface area contributed by atoms with E-state index >= 15 is 0 Å². The highest BCUT2D eigenvalue weighted by atomic mass is 79.9. The second-order valence-corrected chi connectivity index (χ2v) is 6.07. The van der Waals surface area contributed by atoms with Crippen LogP contribution < -0.4 is 0 Å². The topological polar surface area (TPSA) is 40.6 Å². The molecule has 2 fully saturated rings. The lowest BCUT2D eigenvalue weighted by atomic mass is 10.1. The second-order valence-electron chi connectivity index (χ2n) is 5.15. The molecular formula is C14H14BrFN2O2. The molecule has 106 valence electrons. The fourth-order valence-electron chi connectivity index (χ4n) is 2.88. The van der Waals surface area contributed by atoms with E-state index in [1.807, 2.05) is 4.90 Å². The summed E-state index contributed by atoms with van der Waals surface area (Å²) >= 11 is 3.18. The van der Waals surface area contributed by atoms with Crippen LogP contribution in [0.2, 0.25) is 0 Å². The first-order valence-corrected chi connectivity index (χ1v) is 7.39. The van der Waals surface area contributed by atoms with Crippen molar-refractivity contribution in [3.05, 3.63) is 34.1 Å². The Morgan fingerprint density at radius 3 is 2.90 bits per heavy atom. The molecule has 4 nitrogen and oxygen atoms in total. The van der Waals surface area contributed by atoms with Gasteiger partial charge in [0.05, 0.1) is 5.56 Å². The molecule has 0 spiro atoms. The van der Waals surface area contributed by atoms with Crippen LogP contribution >= 0.6 is 15.9 Å². The molecule has 2 aliphatic rings. The van der Waals surface area contributed by atoms with Crippen molar-refractivity contribution in [3.63, 3.8) is 0 Å². The zero-order chi connectivity index (χ0) is 14.3. The Morgan fingerprint density at radius 2 is 2.15 bits per heavy atom. The Labute approximate surface area is 124 Å². The molecule has 2 saturated heterocycles. The number of fused-ring (bicyclic) bond motifs is 1. The molecular weight excluding hydrogens is 327 g/mol. The van der Waals surface area contributed by atoms with Gasteiger partial charge in [0.2, 0.25) is 5.91 Å². The summed E-state index contributed by atoms with van der Waals surface area (Å²) < 4.78 is 14.5. The molecule has 0 radical (unpaired) electrons. The van der Waals surface area contributed by atoms with Gasteiger partial charge in [0.25, 0.3) is 5.91 Å². The van der Waals surface area contributed by atoms with Crippen molar-refractivity contribution in [2.75, 3.05) is 19.6 Å². The van der Waals surface area contributed by atoms with Crippen molar-refractivity contribution < 1.29 is 14.0 Å². The Morgan fingerprint density at radius 1 is 1.35 bits per heavy atom. The number of piperazine rings is 1. The number of carbonyl (C=O) groups is 2. The average molecular weight is 341 g/mol. The SMILES string of the molecule is O=C(c1ccc(Br)cc1F)N1CCN2C(=O)CCC2C1. The van der Waals surface area contributed by atoms with Crippen molar-refractivity contribution in [2.45, 2.75) is 18.9 Å². The molecule has 1 aromatic rings. The maximum Gasteiger partial charge on any atom is 0.256 e. The van der Waals surface area contributed by atoms with Crippen molar-refractivity contribution in [1.82, 2.24) is 9.80 Å². The third kappa shape index (κ3) is 2.32. The highest BCUT2D eigenvalue weighted by Crippen LogP contribution is 2.24. The number of carbonyl (C=O) groups excluding carboxylic acids is 2. The molecule has 0 saturated carbocycles. The van der Waals surface area contributed by atoms with E-state index in [1.54, 1.807) is 11.0 Å². The molecule has 1 atom stereocenters. The monoisotopic (exact) mass is 340 g/mol. The zero-order valence-corrected chi connectivity index (χ0v) is 12.4. The van der Waals surface area contributed by atoms with Crippen molar-refractivity contribution in [1.29, 1.82) is 0 Å². The lowest BCUT2D eigenvalue weighted by Gasteiger charge is -2.37. The van der Waals surface area contributed by atoms with Gasteiger partial charge in [-0.1, -0.05) is 15.9 Å². The maximum atomic E-state index is 13.8. The summed E-state index contributed by atoms with van der Waals surface area (Å²) in [5.74, 6) is -0.653. The molecule has 20 heavy (non-hydrogen) atoms. The maximum absolute atomic E-state index is 13.8. The minimum atomic E-state index is -0.519. The smallest absolute Gasteiger partial charge is 0.256 e. The summed E-state index contributed by atoms with van der Waals surface area (Å²) in [6.45, 7) is 1.52. The van der Waals surface area contributed by atoms with Crippen molar-refractivity contribution >= 4 is 27.7 Å². The van der Waals surface area contributed by atoms with Crippen LogP contribution in [0.3, 0.4) is 0 Å². The Bertz CT molecular complexity index is 578. The first kappa shape index (κ1) is 13.5. The van der Waals surface area contributed by atoms with Crippen molar-refractivity contribution in [2.24, 2.45) is 0 Å². The van der Waals surface area contributed by atoms with E-state index in [2.05, 4.69) is 15.9 Å². The molecule has 0 aromatic heterocycles. The third-order valence-corrected chi connectivity index (χ3v) is 4.44. The van der Waals surface area contributed by atoms with Crippen LogP contribution in [0.4, 0.5) is 4.39 Å². The number of nitrogens with zero attached hydrogens (tertiary/aromatic N) is 2. The summed E-state index contributed by atoms with van der Waals surface area (Å²) in [5.41, 5.74) is 0.0889. The van der Waals surface area contributed by atoms with Gasteiger partial charge in [0, 0.05) is 36.6 Å². The van der Waals surface area contributed by atoms with Gasteiger partial charge >= 0.3 is 0 Å². The first-order chi connectivity index (χ1) is 9.56. The van der Waals surface area contributed by atoms with E-state index in [1.165, 1.54) is 12.1 Å². The molecule has 0 N–H and O–H groups in total. The van der Waals surface area contributed by atoms with Gasteiger partial charge in [-0.15, -0.1) is 0 Å². The predicted molar refractivity (Wildman–Crippen MR) is 74.7 cm³/mol. The average Bonchev–Trinajstić information content (AvgIpc) is 2.79. The van der Waals surface area contributed by atoms with E-state index < -0.39 is 5.82 Å². The van der Waals surface area contributed by atoms with Gasteiger partial charge in [0.15, 0.2) is 0 Å². The fraction of sp³-hybridized carbons (Fsp3) is 0.429. The van der Waals surface area contributed by atoms with E-state index in [0.29, 0.717) is 30.5 Å². The minimum absolute atomic E-state index is 0.0889. The number of rotatable bonds is 1. The van der Waals surface area contributed by atoms with Gasteiger partial charge in [-0.05, 0) is 24.6 Å². The second kappa shape index (κ2) is 5.16. The van der Waals surface area contributed by atoms with Crippen LogP contribution in [0.25, 0.3) is 0 Å². The molecule has 3 rings (SSSR count). The van der Waals surface area contributed by atoms with E-state index in [-0.39, 0.29) is 23.4 Å². The highest BCUT2D eigenvalue weighted by Gasteiger charge is 2.37.